The van der Waals surface area contributed by atoms with Crippen molar-refractivity contribution in [2.45, 2.75) is 70.6 Å². The molecule has 8 rings (SSSR count). The zero-order valence-electron chi connectivity index (χ0n) is 37.1. The van der Waals surface area contributed by atoms with E-state index in [1.807, 2.05) is 24.3 Å². The van der Waals surface area contributed by atoms with Crippen LogP contribution in [0.2, 0.25) is 0 Å². The molecular weight excluding hydrogens is 845 g/mol. The maximum Gasteiger partial charge on any atom is 0.278 e. The molecule has 19 heteroatoms. The second-order valence-electron chi connectivity index (χ2n) is 17.2. The van der Waals surface area contributed by atoms with Crippen LogP contribution in [0, 0.1) is 0 Å². The van der Waals surface area contributed by atoms with Crippen LogP contribution >= 0.6 is 0 Å². The van der Waals surface area contributed by atoms with Crippen molar-refractivity contribution in [1.82, 2.24) is 44.7 Å². The zero-order chi connectivity index (χ0) is 46.5. The lowest BCUT2D eigenvalue weighted by Gasteiger charge is -2.35. The van der Waals surface area contributed by atoms with Crippen molar-refractivity contribution < 1.29 is 29.1 Å². The van der Waals surface area contributed by atoms with Crippen LogP contribution in [-0.2, 0) is 26.5 Å². The Labute approximate surface area is 380 Å². The molecule has 0 bridgehead atoms. The summed E-state index contributed by atoms with van der Waals surface area (Å²) in [4.78, 5) is 95.8. The molecule has 3 aliphatic heterocycles. The zero-order valence-corrected chi connectivity index (χ0v) is 37.1. The average molecular weight is 899 g/mol. The molecule has 66 heavy (non-hydrogen) atoms. The lowest BCUT2D eigenvalue weighted by atomic mass is 10.0. The first-order valence-corrected chi connectivity index (χ1v) is 22.3. The van der Waals surface area contributed by atoms with Gasteiger partial charge < -0.3 is 26.0 Å². The van der Waals surface area contributed by atoms with Gasteiger partial charge in [-0.3, -0.25) is 43.9 Å². The highest BCUT2D eigenvalue weighted by Crippen LogP contribution is 2.32. The third-order valence-corrected chi connectivity index (χ3v) is 12.0. The molecule has 19 nitrogen and oxygen atoms in total. The highest BCUT2D eigenvalue weighted by atomic mass is 16.3. The molecule has 0 spiro atoms. The minimum absolute atomic E-state index is 0.00222. The number of hydrogen-bond acceptors (Lipinski definition) is 14. The number of carbonyl (C=O) groups excluding carboxylic acids is 5. The maximum absolute atomic E-state index is 13.4. The van der Waals surface area contributed by atoms with Crippen LogP contribution in [0.5, 0.6) is 0 Å². The number of rotatable bonds is 18. The molecule has 2 aromatic carbocycles. The summed E-state index contributed by atoms with van der Waals surface area (Å²) in [5, 5.41) is 22.7. The summed E-state index contributed by atoms with van der Waals surface area (Å²) in [7, 11) is 0. The Morgan fingerprint density at radius 1 is 0.909 bits per heavy atom. The molecule has 0 radical (unpaired) electrons. The summed E-state index contributed by atoms with van der Waals surface area (Å²) in [6.45, 7) is 11.8. The first-order chi connectivity index (χ1) is 31.8. The van der Waals surface area contributed by atoms with Gasteiger partial charge in [0.2, 0.25) is 23.7 Å². The molecule has 3 aromatic heterocycles. The molecule has 344 valence electrons. The van der Waals surface area contributed by atoms with E-state index in [9.17, 15) is 33.9 Å². The molecule has 5 aromatic rings. The van der Waals surface area contributed by atoms with E-state index < -0.39 is 35.3 Å². The number of benzene rings is 2. The Morgan fingerprint density at radius 3 is 2.38 bits per heavy atom. The molecular formula is C47H54N12O7. The summed E-state index contributed by atoms with van der Waals surface area (Å²) >= 11 is 0. The number of nitrogens with one attached hydrogen (secondary N) is 4. The lowest BCUT2D eigenvalue weighted by Crippen LogP contribution is -2.54. The first-order valence-electron chi connectivity index (χ1n) is 22.3. The van der Waals surface area contributed by atoms with E-state index in [-0.39, 0.29) is 42.0 Å². The minimum atomic E-state index is -1.19. The predicted molar refractivity (Wildman–Crippen MR) is 248 cm³/mol. The number of carbonyl (C=O) groups is 5. The van der Waals surface area contributed by atoms with Gasteiger partial charge in [-0.15, -0.1) is 6.58 Å². The molecule has 6 heterocycles. The Balaban J connectivity index is 0.749. The largest absolute Gasteiger partial charge is 0.384 e. The van der Waals surface area contributed by atoms with Crippen LogP contribution in [0.3, 0.4) is 0 Å². The Morgan fingerprint density at radius 2 is 1.65 bits per heavy atom. The number of pyridine rings is 1. The number of piperazine rings is 1. The van der Waals surface area contributed by atoms with Crippen molar-refractivity contribution >= 4 is 63.6 Å². The summed E-state index contributed by atoms with van der Waals surface area (Å²) < 4.78 is 3.11. The molecule has 0 aliphatic carbocycles. The number of amides is 5. The van der Waals surface area contributed by atoms with E-state index >= 15 is 0 Å². The number of nitrogens with zero attached hydrogens (tertiary/aromatic N) is 8. The molecule has 0 saturated carbocycles. The van der Waals surface area contributed by atoms with E-state index in [0.29, 0.717) is 53.8 Å². The van der Waals surface area contributed by atoms with Crippen LogP contribution in [0.1, 0.15) is 78.8 Å². The normalized spacial score (nSPS) is 16.7. The fraction of sp³-hybridized carbons (Fsp3) is 0.383. The van der Waals surface area contributed by atoms with Gasteiger partial charge in [-0.05, 0) is 81.6 Å². The monoisotopic (exact) mass is 898 g/mol. The van der Waals surface area contributed by atoms with Gasteiger partial charge in [0.25, 0.3) is 17.4 Å². The van der Waals surface area contributed by atoms with Gasteiger partial charge in [0.1, 0.15) is 17.0 Å². The molecule has 5 amide bonds. The molecule has 1 atom stereocenters. The van der Waals surface area contributed by atoms with Crippen LogP contribution < -0.4 is 31.7 Å². The number of piperidine rings is 1. The smallest absolute Gasteiger partial charge is 0.278 e. The third-order valence-electron chi connectivity index (χ3n) is 12.0. The molecule has 2 fully saturated rings. The first kappa shape index (κ1) is 45.3. The summed E-state index contributed by atoms with van der Waals surface area (Å²) in [5.41, 5.74) is 2.18. The fourth-order valence-electron chi connectivity index (χ4n) is 8.52. The number of fused-ring (bicyclic) bond motifs is 2. The van der Waals surface area contributed by atoms with Crippen molar-refractivity contribution in [2.75, 3.05) is 61.3 Å². The number of allylic oxidation sites excluding steroid dienone is 1. The van der Waals surface area contributed by atoms with E-state index in [4.69, 9.17) is 4.98 Å². The Kier molecular flexibility index (Phi) is 13.4. The Bertz CT molecular complexity index is 2730. The van der Waals surface area contributed by atoms with Gasteiger partial charge in [-0.1, -0.05) is 31.1 Å². The topological polar surface area (TPSA) is 229 Å². The van der Waals surface area contributed by atoms with E-state index in [0.717, 1.165) is 68.1 Å². The van der Waals surface area contributed by atoms with E-state index in [2.05, 4.69) is 47.6 Å². The van der Waals surface area contributed by atoms with E-state index in [1.165, 1.54) is 10.9 Å². The predicted octanol–water partition coefficient (Wildman–Crippen LogP) is 3.45. The van der Waals surface area contributed by atoms with Crippen molar-refractivity contribution in [3.05, 3.63) is 107 Å². The standard InChI is InChI=1S/C47H54N12O7/c1-4-23-57-43(63)33-28-50-46(54-41(33)59(57)37-14-10-13-36(52-37)47(2,3)66)51-30-15-17-31(18-16-30)56-26-24-55(25-27-56)29-39(61)49-22-8-6-5-7-21-48-34-12-9-11-32-40(34)45(65)58(44(32)64)35-19-20-38(60)53-42(35)62/h4,9-18,28,35,48,66H,1,5-8,19-27,29H2,2-3H3,(H,49,61)(H,50,51,54)(H,53,60,62). The fourth-order valence-corrected chi connectivity index (χ4v) is 8.52. The number of imide groups is 2. The molecule has 5 N–H and O–H groups in total. The summed E-state index contributed by atoms with van der Waals surface area (Å²) in [6, 6.07) is 17.2. The van der Waals surface area contributed by atoms with Gasteiger partial charge in [-0.2, -0.15) is 4.98 Å². The van der Waals surface area contributed by atoms with Crippen LogP contribution in [0.4, 0.5) is 23.0 Å². The average Bonchev–Trinajstić information content (AvgIpc) is 3.72. The van der Waals surface area contributed by atoms with Gasteiger partial charge in [-0.25, -0.2) is 19.3 Å². The van der Waals surface area contributed by atoms with Crippen molar-refractivity contribution in [3.8, 4) is 5.82 Å². The van der Waals surface area contributed by atoms with Gasteiger partial charge in [0.05, 0.1) is 29.9 Å². The van der Waals surface area contributed by atoms with E-state index in [1.54, 1.807) is 61.0 Å². The quantitative estimate of drug-likeness (QED) is 0.0483. The maximum atomic E-state index is 13.4. The number of aromatic nitrogens is 5. The lowest BCUT2D eigenvalue weighted by molar-refractivity contribution is -0.136. The van der Waals surface area contributed by atoms with Crippen molar-refractivity contribution in [3.63, 3.8) is 0 Å². The number of anilines is 4. The number of unbranched alkanes of at least 4 members (excludes halogenated alkanes) is 3. The minimum Gasteiger partial charge on any atom is -0.384 e. The number of hydrogen-bond donors (Lipinski definition) is 5. The van der Waals surface area contributed by atoms with Crippen LogP contribution in [0.15, 0.2) is 84.3 Å². The summed E-state index contributed by atoms with van der Waals surface area (Å²) in [6.07, 6.45) is 6.76. The molecule has 3 aliphatic rings. The van der Waals surface area contributed by atoms with Gasteiger partial charge in [0, 0.05) is 68.9 Å². The SMILES string of the molecule is C=CCn1c(=O)c2cnc(Nc3ccc(N4CCN(CC(=O)NCCCCCCNc5cccc6c5C(=O)N(C5CCC(=O)NC5=O)C6=O)CC4)cc3)nc2n1-c1cccc(C(C)(C)O)n1. The van der Waals surface area contributed by atoms with Crippen LogP contribution in [0.25, 0.3) is 16.9 Å². The van der Waals surface area contributed by atoms with Gasteiger partial charge >= 0.3 is 0 Å². The second kappa shape index (κ2) is 19.5. The number of aliphatic hydroxyl groups is 1. The third kappa shape index (κ3) is 9.71. The van der Waals surface area contributed by atoms with Crippen molar-refractivity contribution in [1.29, 1.82) is 0 Å². The highest BCUT2D eigenvalue weighted by Gasteiger charge is 2.45. The van der Waals surface area contributed by atoms with Crippen molar-refractivity contribution in [2.24, 2.45) is 0 Å². The highest BCUT2D eigenvalue weighted by molar-refractivity contribution is 6.25. The molecule has 1 unspecified atom stereocenters. The Hall–Kier alpha value is -7.25. The molecule has 2 saturated heterocycles. The van der Waals surface area contributed by atoms with Gasteiger partial charge in [0.15, 0.2) is 11.5 Å². The summed E-state index contributed by atoms with van der Waals surface area (Å²) in [5.74, 6) is -1.40. The van der Waals surface area contributed by atoms with Crippen LogP contribution in [-0.4, -0.2) is 121 Å². The second-order valence-corrected chi connectivity index (χ2v) is 17.2.